The fraction of sp³-hybridized carbons (Fsp3) is 0.500. The van der Waals surface area contributed by atoms with Crippen LogP contribution in [0, 0.1) is 5.92 Å². The number of amides is 1. The second kappa shape index (κ2) is 9.84. The zero-order valence-electron chi connectivity index (χ0n) is 20.0. The van der Waals surface area contributed by atoms with E-state index in [1.165, 1.54) is 10.4 Å². The van der Waals surface area contributed by atoms with Gasteiger partial charge in [-0.1, -0.05) is 30.8 Å². The third-order valence-electron chi connectivity index (χ3n) is 6.77. The number of benzene rings is 1. The van der Waals surface area contributed by atoms with Gasteiger partial charge in [-0.3, -0.25) is 14.2 Å². The summed E-state index contributed by atoms with van der Waals surface area (Å²) in [7, 11) is 3.51. The van der Waals surface area contributed by atoms with Crippen molar-refractivity contribution in [2.24, 2.45) is 5.92 Å². The summed E-state index contributed by atoms with van der Waals surface area (Å²) in [5, 5.41) is 1.59. The van der Waals surface area contributed by atoms with Crippen LogP contribution in [0.15, 0.2) is 34.2 Å². The molecule has 1 aliphatic heterocycles. The van der Waals surface area contributed by atoms with Crippen LogP contribution in [0.2, 0.25) is 0 Å². The van der Waals surface area contributed by atoms with Crippen molar-refractivity contribution in [1.29, 1.82) is 0 Å². The topological polar surface area (TPSA) is 64.4 Å². The number of fused-ring (bicyclic) bond motifs is 3. The second-order valence-electron chi connectivity index (χ2n) is 9.66. The minimum Gasteiger partial charge on any atom is -0.376 e. The maximum atomic E-state index is 13.8. The van der Waals surface area contributed by atoms with E-state index in [9.17, 15) is 9.59 Å². The lowest BCUT2D eigenvalue weighted by Gasteiger charge is -2.18. The van der Waals surface area contributed by atoms with E-state index in [4.69, 9.17) is 9.72 Å². The molecule has 2 aliphatic rings. The normalized spacial score (nSPS) is 20.0. The first-order valence-electron chi connectivity index (χ1n) is 12.0. The molecule has 0 spiro atoms. The molecule has 1 aliphatic carbocycles. The van der Waals surface area contributed by atoms with Crippen molar-refractivity contribution in [3.8, 4) is 0 Å². The molecule has 1 saturated heterocycles. The van der Waals surface area contributed by atoms with E-state index in [-0.39, 0.29) is 17.6 Å². The molecular formula is C26H31N3O3S2. The molecule has 1 fully saturated rings. The molecular weight excluding hydrogens is 466 g/mol. The summed E-state index contributed by atoms with van der Waals surface area (Å²) in [5.41, 5.74) is 3.08. The monoisotopic (exact) mass is 497 g/mol. The van der Waals surface area contributed by atoms with E-state index in [0.29, 0.717) is 23.8 Å². The van der Waals surface area contributed by atoms with E-state index in [2.05, 4.69) is 6.92 Å². The summed E-state index contributed by atoms with van der Waals surface area (Å²) in [6, 6.07) is 7.69. The van der Waals surface area contributed by atoms with Gasteiger partial charge in [-0.25, -0.2) is 4.98 Å². The quantitative estimate of drug-likeness (QED) is 0.363. The van der Waals surface area contributed by atoms with E-state index < -0.39 is 0 Å². The van der Waals surface area contributed by atoms with Gasteiger partial charge in [-0.15, -0.1) is 11.3 Å². The Morgan fingerprint density at radius 3 is 2.76 bits per heavy atom. The van der Waals surface area contributed by atoms with Crippen LogP contribution in [0.1, 0.15) is 52.5 Å². The number of carbonyl (C=O) groups is 1. The third-order valence-corrected chi connectivity index (χ3v) is 8.96. The van der Waals surface area contributed by atoms with Gasteiger partial charge in [0.15, 0.2) is 5.16 Å². The fourth-order valence-electron chi connectivity index (χ4n) is 4.82. The predicted molar refractivity (Wildman–Crippen MR) is 138 cm³/mol. The Bertz CT molecular complexity index is 1260. The van der Waals surface area contributed by atoms with Gasteiger partial charge < -0.3 is 9.64 Å². The Balaban J connectivity index is 1.46. The van der Waals surface area contributed by atoms with Crippen LogP contribution in [0.4, 0.5) is 0 Å². The van der Waals surface area contributed by atoms with Gasteiger partial charge in [0.25, 0.3) is 11.5 Å². The predicted octanol–water partition coefficient (Wildman–Crippen LogP) is 4.76. The molecule has 2 aromatic heterocycles. The number of aryl methyl sites for hydroxylation is 1. The van der Waals surface area contributed by atoms with Crippen molar-refractivity contribution in [1.82, 2.24) is 14.5 Å². The third kappa shape index (κ3) is 4.68. The Morgan fingerprint density at radius 1 is 1.26 bits per heavy atom. The van der Waals surface area contributed by atoms with E-state index in [1.807, 2.05) is 28.8 Å². The number of rotatable bonds is 6. The minimum absolute atomic E-state index is 0.00676. The van der Waals surface area contributed by atoms with Crippen molar-refractivity contribution in [3.05, 3.63) is 56.2 Å². The number of hydrogen-bond acceptors (Lipinski definition) is 6. The Hall–Kier alpha value is -2.16. The van der Waals surface area contributed by atoms with Crippen LogP contribution in [0.3, 0.4) is 0 Å². The largest absolute Gasteiger partial charge is 0.376 e. The summed E-state index contributed by atoms with van der Waals surface area (Å²) in [6.07, 6.45) is 5.24. The molecule has 0 bridgehead atoms. The van der Waals surface area contributed by atoms with E-state index in [1.54, 1.807) is 42.1 Å². The lowest BCUT2D eigenvalue weighted by atomic mass is 9.89. The van der Waals surface area contributed by atoms with Gasteiger partial charge in [-0.05, 0) is 61.3 Å². The standard InChI is InChI=1S/C26H31N3O3S2/c1-16-6-11-20-21(13-16)34-23-22(20)25(31)29(14-19-5-4-12-32-19)26(27-23)33-15-17-7-9-18(10-8-17)24(30)28(2)3/h7-10,16,19H,4-6,11-15H2,1-3H3. The van der Waals surface area contributed by atoms with E-state index >= 15 is 0 Å². The first kappa shape index (κ1) is 23.6. The van der Waals surface area contributed by atoms with Crippen LogP contribution >= 0.6 is 23.1 Å². The highest BCUT2D eigenvalue weighted by Gasteiger charge is 2.26. The maximum Gasteiger partial charge on any atom is 0.263 e. The SMILES string of the molecule is CC1CCc2c(sc3nc(SCc4ccc(C(=O)N(C)C)cc4)n(CC4CCCO4)c(=O)c23)C1. The molecule has 1 amide bonds. The summed E-state index contributed by atoms with van der Waals surface area (Å²) in [5.74, 6) is 1.33. The molecule has 2 unspecified atom stereocenters. The van der Waals surface area contributed by atoms with Gasteiger partial charge in [-0.2, -0.15) is 0 Å². The number of thiophene rings is 1. The lowest BCUT2D eigenvalue weighted by molar-refractivity contribution is 0.0827. The molecule has 34 heavy (non-hydrogen) atoms. The van der Waals surface area contributed by atoms with Gasteiger partial charge in [0.05, 0.1) is 18.0 Å². The van der Waals surface area contributed by atoms with Gasteiger partial charge in [0, 0.05) is 36.9 Å². The molecule has 0 saturated carbocycles. The number of nitrogens with zero attached hydrogens (tertiary/aromatic N) is 3. The molecule has 0 radical (unpaired) electrons. The Labute approximate surface area is 208 Å². The average Bonchev–Trinajstić information content (AvgIpc) is 3.46. The van der Waals surface area contributed by atoms with Crippen LogP contribution in [-0.2, 0) is 29.9 Å². The first-order chi connectivity index (χ1) is 16.4. The van der Waals surface area contributed by atoms with Crippen LogP contribution in [0.5, 0.6) is 0 Å². The summed E-state index contributed by atoms with van der Waals surface area (Å²) in [4.78, 5) is 34.8. The van der Waals surface area contributed by atoms with Crippen LogP contribution in [0.25, 0.3) is 10.2 Å². The Morgan fingerprint density at radius 2 is 2.06 bits per heavy atom. The number of hydrogen-bond donors (Lipinski definition) is 0. The fourth-order valence-corrected chi connectivity index (χ4v) is 7.21. The highest BCUT2D eigenvalue weighted by molar-refractivity contribution is 7.98. The van der Waals surface area contributed by atoms with Crippen molar-refractivity contribution in [2.45, 2.75) is 62.6 Å². The molecule has 3 aromatic rings. The number of aromatic nitrogens is 2. The lowest BCUT2D eigenvalue weighted by Crippen LogP contribution is -2.29. The minimum atomic E-state index is -0.00676. The highest BCUT2D eigenvalue weighted by Crippen LogP contribution is 2.37. The smallest absolute Gasteiger partial charge is 0.263 e. The maximum absolute atomic E-state index is 13.8. The molecule has 3 heterocycles. The average molecular weight is 498 g/mol. The molecule has 6 nitrogen and oxygen atoms in total. The number of thioether (sulfide) groups is 1. The molecule has 180 valence electrons. The highest BCUT2D eigenvalue weighted by atomic mass is 32.2. The molecule has 5 rings (SSSR count). The van der Waals surface area contributed by atoms with Crippen LogP contribution in [-0.4, -0.2) is 47.2 Å². The molecule has 0 N–H and O–H groups in total. The molecule has 8 heteroatoms. The second-order valence-corrected chi connectivity index (χ2v) is 11.7. The van der Waals surface area contributed by atoms with Gasteiger partial charge in [0.2, 0.25) is 0 Å². The Kier molecular flexibility index (Phi) is 6.82. The van der Waals surface area contributed by atoms with Crippen molar-refractivity contribution in [3.63, 3.8) is 0 Å². The zero-order valence-corrected chi connectivity index (χ0v) is 21.6. The summed E-state index contributed by atoms with van der Waals surface area (Å²) >= 11 is 3.29. The first-order valence-corrected chi connectivity index (χ1v) is 13.8. The van der Waals surface area contributed by atoms with Crippen molar-refractivity contribution < 1.29 is 9.53 Å². The van der Waals surface area contributed by atoms with E-state index in [0.717, 1.165) is 59.6 Å². The van der Waals surface area contributed by atoms with Gasteiger partial charge >= 0.3 is 0 Å². The zero-order chi connectivity index (χ0) is 23.8. The summed E-state index contributed by atoms with van der Waals surface area (Å²) in [6.45, 7) is 3.61. The van der Waals surface area contributed by atoms with Crippen molar-refractivity contribution in [2.75, 3.05) is 20.7 Å². The number of carbonyl (C=O) groups excluding carboxylic acids is 1. The van der Waals surface area contributed by atoms with Gasteiger partial charge in [0.1, 0.15) is 4.83 Å². The molecule has 1 aromatic carbocycles. The number of ether oxygens (including phenoxy) is 1. The molecule has 2 atom stereocenters. The van der Waals surface area contributed by atoms with Crippen molar-refractivity contribution >= 4 is 39.2 Å². The van der Waals surface area contributed by atoms with Crippen LogP contribution < -0.4 is 5.56 Å². The summed E-state index contributed by atoms with van der Waals surface area (Å²) < 4.78 is 7.73.